The number of anilines is 2. The fourth-order valence-electron chi connectivity index (χ4n) is 5.82. The number of rotatable bonds is 6. The Morgan fingerprint density at radius 1 is 0.860 bits per heavy atom. The van der Waals surface area contributed by atoms with E-state index in [0.717, 1.165) is 54.8 Å². The van der Waals surface area contributed by atoms with Crippen molar-refractivity contribution in [2.75, 3.05) is 36.4 Å². The number of nitrogens with two attached hydrogens (primary N) is 1. The van der Waals surface area contributed by atoms with Crippen molar-refractivity contribution < 1.29 is 14.4 Å². The van der Waals surface area contributed by atoms with E-state index in [1.807, 2.05) is 58.8 Å². The fourth-order valence-corrected chi connectivity index (χ4v) is 6.51. The molecule has 4 N–H and O–H groups in total. The van der Waals surface area contributed by atoms with Gasteiger partial charge in [0.15, 0.2) is 0 Å². The van der Waals surface area contributed by atoms with Crippen molar-refractivity contribution in [2.24, 2.45) is 5.73 Å². The highest BCUT2D eigenvalue weighted by Crippen LogP contribution is 2.30. The zero-order valence-corrected chi connectivity index (χ0v) is 26.2. The molecule has 8 nitrogen and oxygen atoms in total. The highest BCUT2D eigenvalue weighted by atomic mass is 32.1. The van der Waals surface area contributed by atoms with Crippen LogP contribution in [0, 0.1) is 0 Å². The first-order valence-corrected chi connectivity index (χ1v) is 16.2. The van der Waals surface area contributed by atoms with Crippen LogP contribution in [0.1, 0.15) is 88.8 Å². The highest BCUT2D eigenvalue weighted by molar-refractivity contribution is 7.12. The minimum absolute atomic E-state index is 0.0151. The van der Waals surface area contributed by atoms with Gasteiger partial charge in [-0.05, 0) is 84.9 Å². The number of thiophene rings is 1. The van der Waals surface area contributed by atoms with Gasteiger partial charge in [0.25, 0.3) is 17.7 Å². The number of carbonyl (C=O) groups excluding carboxylic acids is 3. The molecule has 2 aromatic carbocycles. The van der Waals surface area contributed by atoms with Crippen molar-refractivity contribution in [1.82, 2.24) is 10.2 Å². The molecule has 5 rings (SSSR count). The molecular formula is C34H43N5O3S. The average molecular weight is 602 g/mol. The molecule has 0 radical (unpaired) electrons. The summed E-state index contributed by atoms with van der Waals surface area (Å²) in [6.45, 7) is 9.01. The predicted octanol–water partition coefficient (Wildman–Crippen LogP) is 5.65. The van der Waals surface area contributed by atoms with Crippen LogP contribution in [-0.2, 0) is 5.41 Å². The SMILES string of the molecule is CC(C)(C)c1ccc(C(=O)Nc2cc(C(=O)NC3CCC(N)CC3)ccc2N2CCCN(C(=O)c3cccs3)CC2)cc1. The Morgan fingerprint density at radius 2 is 1.58 bits per heavy atom. The lowest BCUT2D eigenvalue weighted by Crippen LogP contribution is -2.40. The van der Waals surface area contributed by atoms with Crippen LogP contribution in [-0.4, -0.2) is 60.9 Å². The Morgan fingerprint density at radius 3 is 2.26 bits per heavy atom. The van der Waals surface area contributed by atoms with Crippen LogP contribution in [0.15, 0.2) is 60.0 Å². The van der Waals surface area contributed by atoms with Crippen LogP contribution in [0.3, 0.4) is 0 Å². The number of nitrogens with one attached hydrogen (secondary N) is 2. The molecular weight excluding hydrogens is 558 g/mol. The molecule has 3 aromatic rings. The molecule has 2 aliphatic rings. The van der Waals surface area contributed by atoms with Crippen LogP contribution in [0.4, 0.5) is 11.4 Å². The standard InChI is InChI=1S/C34H43N5O3S/c1-34(2,3)25-10-7-23(8-11-25)31(40)37-28-22-24(32(41)36-27-14-12-26(35)13-15-27)9-16-29(28)38-17-5-18-39(20-19-38)33(42)30-6-4-21-43-30/h4,6-11,16,21-22,26-27H,5,12-15,17-20,35H2,1-3H3,(H,36,41)(H,37,40). The Hall–Kier alpha value is -3.69. The van der Waals surface area contributed by atoms with Gasteiger partial charge in [-0.1, -0.05) is 39.0 Å². The molecule has 1 saturated carbocycles. The normalized spacial score (nSPS) is 19.4. The van der Waals surface area contributed by atoms with E-state index in [1.54, 1.807) is 6.07 Å². The Kier molecular flexibility index (Phi) is 9.52. The third kappa shape index (κ3) is 7.64. The number of amides is 3. The minimum Gasteiger partial charge on any atom is -0.368 e. The molecule has 228 valence electrons. The monoisotopic (exact) mass is 601 g/mol. The molecule has 1 aliphatic carbocycles. The van der Waals surface area contributed by atoms with Gasteiger partial charge in [0.2, 0.25) is 0 Å². The summed E-state index contributed by atoms with van der Waals surface area (Å²) in [5.74, 6) is -0.328. The maximum absolute atomic E-state index is 13.5. The van der Waals surface area contributed by atoms with E-state index in [0.29, 0.717) is 36.4 Å². The zero-order chi connectivity index (χ0) is 30.6. The third-order valence-corrected chi connectivity index (χ3v) is 9.34. The molecule has 0 bridgehead atoms. The Labute approximate surface area is 258 Å². The van der Waals surface area contributed by atoms with E-state index in [-0.39, 0.29) is 35.2 Å². The van der Waals surface area contributed by atoms with E-state index >= 15 is 0 Å². The van der Waals surface area contributed by atoms with Crippen molar-refractivity contribution in [3.05, 3.63) is 81.5 Å². The fraction of sp³-hybridized carbons (Fsp3) is 0.441. The van der Waals surface area contributed by atoms with E-state index in [4.69, 9.17) is 5.73 Å². The van der Waals surface area contributed by atoms with Gasteiger partial charge < -0.3 is 26.2 Å². The molecule has 43 heavy (non-hydrogen) atoms. The smallest absolute Gasteiger partial charge is 0.263 e. The Balaban J connectivity index is 1.37. The second kappa shape index (κ2) is 13.3. The van der Waals surface area contributed by atoms with Gasteiger partial charge in [-0.3, -0.25) is 14.4 Å². The maximum Gasteiger partial charge on any atom is 0.263 e. The van der Waals surface area contributed by atoms with Crippen LogP contribution in [0.25, 0.3) is 0 Å². The van der Waals surface area contributed by atoms with Crippen LogP contribution < -0.4 is 21.3 Å². The third-order valence-electron chi connectivity index (χ3n) is 8.48. The van der Waals surface area contributed by atoms with Gasteiger partial charge in [0, 0.05) is 49.4 Å². The molecule has 0 atom stereocenters. The number of carbonyl (C=O) groups is 3. The van der Waals surface area contributed by atoms with Crippen LogP contribution in [0.2, 0.25) is 0 Å². The molecule has 0 spiro atoms. The lowest BCUT2D eigenvalue weighted by Gasteiger charge is -2.28. The van der Waals surface area contributed by atoms with Gasteiger partial charge in [-0.15, -0.1) is 11.3 Å². The topological polar surface area (TPSA) is 108 Å². The first kappa shape index (κ1) is 30.8. The van der Waals surface area contributed by atoms with Gasteiger partial charge in [-0.25, -0.2) is 0 Å². The lowest BCUT2D eigenvalue weighted by atomic mass is 9.86. The van der Waals surface area contributed by atoms with Gasteiger partial charge in [0.05, 0.1) is 16.3 Å². The molecule has 1 saturated heterocycles. The molecule has 9 heteroatoms. The molecule has 1 aromatic heterocycles. The molecule has 3 amide bonds. The second-order valence-electron chi connectivity index (χ2n) is 12.7. The predicted molar refractivity (Wildman–Crippen MR) is 174 cm³/mol. The van der Waals surface area contributed by atoms with Gasteiger partial charge in [-0.2, -0.15) is 0 Å². The summed E-state index contributed by atoms with van der Waals surface area (Å²) in [6, 6.07) is 17.3. The van der Waals surface area contributed by atoms with Crippen molar-refractivity contribution in [3.63, 3.8) is 0 Å². The average Bonchev–Trinajstić information content (AvgIpc) is 3.42. The van der Waals surface area contributed by atoms with Crippen molar-refractivity contribution in [2.45, 2.75) is 70.4 Å². The summed E-state index contributed by atoms with van der Waals surface area (Å²) in [6.07, 6.45) is 4.34. The number of hydrogen-bond donors (Lipinski definition) is 3. The van der Waals surface area contributed by atoms with Gasteiger partial charge in [0.1, 0.15) is 0 Å². The molecule has 2 fully saturated rings. The summed E-state index contributed by atoms with van der Waals surface area (Å²) < 4.78 is 0. The van der Waals surface area contributed by atoms with Crippen molar-refractivity contribution in [1.29, 1.82) is 0 Å². The van der Waals surface area contributed by atoms with Crippen LogP contribution in [0.5, 0.6) is 0 Å². The molecule has 1 aliphatic heterocycles. The van der Waals surface area contributed by atoms with Gasteiger partial charge >= 0.3 is 0 Å². The van der Waals surface area contributed by atoms with E-state index in [2.05, 4.69) is 36.3 Å². The molecule has 0 unspecified atom stereocenters. The number of hydrogen-bond acceptors (Lipinski definition) is 6. The van der Waals surface area contributed by atoms with E-state index in [1.165, 1.54) is 11.3 Å². The van der Waals surface area contributed by atoms with E-state index in [9.17, 15) is 14.4 Å². The largest absolute Gasteiger partial charge is 0.368 e. The Bertz CT molecular complexity index is 1420. The summed E-state index contributed by atoms with van der Waals surface area (Å²) in [4.78, 5) is 44.6. The summed E-state index contributed by atoms with van der Waals surface area (Å²) in [7, 11) is 0. The zero-order valence-electron chi connectivity index (χ0n) is 25.4. The van der Waals surface area contributed by atoms with Crippen LogP contribution >= 0.6 is 11.3 Å². The first-order chi connectivity index (χ1) is 20.6. The minimum atomic E-state index is -0.232. The first-order valence-electron chi connectivity index (χ1n) is 15.3. The maximum atomic E-state index is 13.5. The summed E-state index contributed by atoms with van der Waals surface area (Å²) in [5.41, 5.74) is 9.66. The summed E-state index contributed by atoms with van der Waals surface area (Å²) >= 11 is 1.46. The van der Waals surface area contributed by atoms with Crippen molar-refractivity contribution >= 4 is 40.4 Å². The number of benzene rings is 2. The highest BCUT2D eigenvalue weighted by Gasteiger charge is 2.25. The lowest BCUT2D eigenvalue weighted by molar-refractivity contribution is 0.0771. The summed E-state index contributed by atoms with van der Waals surface area (Å²) in [5, 5.41) is 8.19. The van der Waals surface area contributed by atoms with E-state index < -0.39 is 0 Å². The van der Waals surface area contributed by atoms with Crippen molar-refractivity contribution in [3.8, 4) is 0 Å². The quantitative estimate of drug-likeness (QED) is 0.339. The molecule has 2 heterocycles. The number of nitrogens with zero attached hydrogens (tertiary/aromatic N) is 2. The second-order valence-corrected chi connectivity index (χ2v) is 13.7.